The zero-order valence-corrected chi connectivity index (χ0v) is 10.9. The maximum atomic E-state index is 3.47. The molecule has 0 amide bonds. The second kappa shape index (κ2) is 6.49. The van der Waals surface area contributed by atoms with Crippen molar-refractivity contribution in [3.63, 3.8) is 0 Å². The monoisotopic (exact) mass is 212 g/mol. The van der Waals surface area contributed by atoms with Gasteiger partial charge in [0.25, 0.3) is 0 Å². The van der Waals surface area contributed by atoms with E-state index in [1.54, 1.807) is 0 Å². The van der Waals surface area contributed by atoms with Gasteiger partial charge in [0.2, 0.25) is 0 Å². The molecule has 0 aromatic heterocycles. The third-order valence-corrected chi connectivity index (χ3v) is 3.90. The van der Waals surface area contributed by atoms with Crippen LogP contribution in [0.25, 0.3) is 0 Å². The Morgan fingerprint density at radius 3 is 2.73 bits per heavy atom. The van der Waals surface area contributed by atoms with Crippen molar-refractivity contribution in [2.24, 2.45) is 11.8 Å². The van der Waals surface area contributed by atoms with Crippen LogP contribution < -0.4 is 5.32 Å². The molecular formula is C13H28N2. The molecule has 0 saturated carbocycles. The Bertz CT molecular complexity index is 170. The summed E-state index contributed by atoms with van der Waals surface area (Å²) in [6.07, 6.45) is 4.08. The molecule has 3 atom stereocenters. The molecule has 1 N–H and O–H groups in total. The van der Waals surface area contributed by atoms with Crippen LogP contribution in [-0.4, -0.2) is 37.6 Å². The number of piperidine rings is 1. The van der Waals surface area contributed by atoms with Crippen molar-refractivity contribution in [1.82, 2.24) is 10.2 Å². The second-order valence-corrected chi connectivity index (χ2v) is 5.29. The lowest BCUT2D eigenvalue weighted by Gasteiger charge is -2.35. The SMILES string of the molecule is CCC(C)C(CN1CCCC(C)C1)NC. The zero-order valence-electron chi connectivity index (χ0n) is 10.9. The minimum Gasteiger partial charge on any atom is -0.315 e. The minimum absolute atomic E-state index is 0.667. The summed E-state index contributed by atoms with van der Waals surface area (Å²) in [7, 11) is 2.10. The van der Waals surface area contributed by atoms with Crippen molar-refractivity contribution >= 4 is 0 Å². The van der Waals surface area contributed by atoms with Crippen molar-refractivity contribution in [3.8, 4) is 0 Å². The highest BCUT2D eigenvalue weighted by atomic mass is 15.2. The van der Waals surface area contributed by atoms with Gasteiger partial charge in [0.1, 0.15) is 0 Å². The van der Waals surface area contributed by atoms with Gasteiger partial charge < -0.3 is 10.2 Å². The van der Waals surface area contributed by atoms with Gasteiger partial charge in [-0.05, 0) is 38.3 Å². The fourth-order valence-electron chi connectivity index (χ4n) is 2.57. The first-order valence-corrected chi connectivity index (χ1v) is 6.57. The maximum absolute atomic E-state index is 3.47. The number of nitrogens with one attached hydrogen (secondary N) is 1. The summed E-state index contributed by atoms with van der Waals surface area (Å²) in [6, 6.07) is 0.667. The van der Waals surface area contributed by atoms with Gasteiger partial charge in [0, 0.05) is 19.1 Å². The third kappa shape index (κ3) is 4.12. The Labute approximate surface area is 95.4 Å². The fourth-order valence-corrected chi connectivity index (χ4v) is 2.57. The summed E-state index contributed by atoms with van der Waals surface area (Å²) in [5.41, 5.74) is 0. The van der Waals surface area contributed by atoms with Gasteiger partial charge in [-0.15, -0.1) is 0 Å². The molecule has 1 aliphatic heterocycles. The maximum Gasteiger partial charge on any atom is 0.0217 e. The molecule has 90 valence electrons. The molecular weight excluding hydrogens is 184 g/mol. The van der Waals surface area contributed by atoms with Gasteiger partial charge in [-0.25, -0.2) is 0 Å². The molecule has 0 aliphatic carbocycles. The van der Waals surface area contributed by atoms with Gasteiger partial charge in [-0.1, -0.05) is 27.2 Å². The fraction of sp³-hybridized carbons (Fsp3) is 1.00. The smallest absolute Gasteiger partial charge is 0.0217 e. The Balaban J connectivity index is 2.36. The lowest BCUT2D eigenvalue weighted by molar-refractivity contribution is 0.154. The average Bonchev–Trinajstić information content (AvgIpc) is 2.25. The molecule has 0 bridgehead atoms. The molecule has 1 rings (SSSR count). The number of hydrogen-bond donors (Lipinski definition) is 1. The van der Waals surface area contributed by atoms with E-state index in [-0.39, 0.29) is 0 Å². The van der Waals surface area contributed by atoms with Gasteiger partial charge in [-0.2, -0.15) is 0 Å². The van der Waals surface area contributed by atoms with Gasteiger partial charge in [0.15, 0.2) is 0 Å². The van der Waals surface area contributed by atoms with Gasteiger partial charge in [-0.3, -0.25) is 0 Å². The first-order valence-electron chi connectivity index (χ1n) is 6.57. The van der Waals surface area contributed by atoms with E-state index in [2.05, 4.69) is 38.0 Å². The van der Waals surface area contributed by atoms with Crippen LogP contribution in [0.15, 0.2) is 0 Å². The second-order valence-electron chi connectivity index (χ2n) is 5.29. The Morgan fingerprint density at radius 1 is 1.47 bits per heavy atom. The number of hydrogen-bond acceptors (Lipinski definition) is 2. The van der Waals surface area contributed by atoms with E-state index in [9.17, 15) is 0 Å². The third-order valence-electron chi connectivity index (χ3n) is 3.90. The number of likely N-dealkylation sites (N-methyl/N-ethyl adjacent to an activating group) is 1. The molecule has 1 heterocycles. The molecule has 0 aromatic rings. The van der Waals surface area contributed by atoms with E-state index in [0.717, 1.165) is 11.8 Å². The number of nitrogens with zero attached hydrogens (tertiary/aromatic N) is 1. The number of rotatable bonds is 5. The topological polar surface area (TPSA) is 15.3 Å². The van der Waals surface area contributed by atoms with Crippen molar-refractivity contribution in [1.29, 1.82) is 0 Å². The van der Waals surface area contributed by atoms with Gasteiger partial charge >= 0.3 is 0 Å². The summed E-state index contributed by atoms with van der Waals surface area (Å²) in [5.74, 6) is 1.68. The molecule has 1 fully saturated rings. The Morgan fingerprint density at radius 2 is 2.20 bits per heavy atom. The van der Waals surface area contributed by atoms with Crippen LogP contribution in [0, 0.1) is 11.8 Å². The van der Waals surface area contributed by atoms with Crippen molar-refractivity contribution < 1.29 is 0 Å². The Kier molecular flexibility index (Phi) is 5.62. The largest absolute Gasteiger partial charge is 0.315 e. The van der Waals surface area contributed by atoms with E-state index < -0.39 is 0 Å². The summed E-state index contributed by atoms with van der Waals surface area (Å²) < 4.78 is 0. The van der Waals surface area contributed by atoms with Gasteiger partial charge in [0.05, 0.1) is 0 Å². The quantitative estimate of drug-likeness (QED) is 0.752. The highest BCUT2D eigenvalue weighted by Gasteiger charge is 2.21. The van der Waals surface area contributed by atoms with E-state index in [0.29, 0.717) is 6.04 Å². The molecule has 1 aliphatic rings. The van der Waals surface area contributed by atoms with Crippen LogP contribution >= 0.6 is 0 Å². The van der Waals surface area contributed by atoms with E-state index in [1.165, 1.54) is 38.9 Å². The molecule has 0 aromatic carbocycles. The standard InChI is InChI=1S/C13H28N2/c1-5-12(3)13(14-4)10-15-8-6-7-11(2)9-15/h11-14H,5-10H2,1-4H3. The summed E-state index contributed by atoms with van der Waals surface area (Å²) >= 11 is 0. The molecule has 15 heavy (non-hydrogen) atoms. The van der Waals surface area contributed by atoms with Crippen molar-refractivity contribution in [2.45, 2.75) is 46.1 Å². The van der Waals surface area contributed by atoms with E-state index in [1.807, 2.05) is 0 Å². The highest BCUT2D eigenvalue weighted by Crippen LogP contribution is 2.17. The molecule has 2 heteroatoms. The van der Waals surface area contributed by atoms with E-state index >= 15 is 0 Å². The molecule has 1 saturated heterocycles. The Hall–Kier alpha value is -0.0800. The van der Waals surface area contributed by atoms with Crippen LogP contribution in [0.1, 0.15) is 40.0 Å². The zero-order chi connectivity index (χ0) is 11.3. The number of likely N-dealkylation sites (tertiary alicyclic amines) is 1. The van der Waals surface area contributed by atoms with Crippen LogP contribution in [0.5, 0.6) is 0 Å². The van der Waals surface area contributed by atoms with Crippen molar-refractivity contribution in [2.75, 3.05) is 26.7 Å². The predicted molar refractivity (Wildman–Crippen MR) is 67.1 cm³/mol. The molecule has 2 nitrogen and oxygen atoms in total. The van der Waals surface area contributed by atoms with Crippen molar-refractivity contribution in [3.05, 3.63) is 0 Å². The summed E-state index contributed by atoms with van der Waals surface area (Å²) in [5, 5.41) is 3.47. The van der Waals surface area contributed by atoms with Crippen LogP contribution in [0.2, 0.25) is 0 Å². The van der Waals surface area contributed by atoms with Crippen LogP contribution in [-0.2, 0) is 0 Å². The summed E-state index contributed by atoms with van der Waals surface area (Å²) in [4.78, 5) is 2.64. The van der Waals surface area contributed by atoms with Crippen LogP contribution in [0.3, 0.4) is 0 Å². The first-order chi connectivity index (χ1) is 7.17. The highest BCUT2D eigenvalue weighted by molar-refractivity contribution is 4.78. The molecule has 0 spiro atoms. The molecule has 3 unspecified atom stereocenters. The first kappa shape index (κ1) is 13.0. The lowest BCUT2D eigenvalue weighted by Crippen LogP contribution is -2.46. The van der Waals surface area contributed by atoms with Crippen LogP contribution in [0.4, 0.5) is 0 Å². The average molecular weight is 212 g/mol. The minimum atomic E-state index is 0.667. The summed E-state index contributed by atoms with van der Waals surface area (Å²) in [6.45, 7) is 10.9. The van der Waals surface area contributed by atoms with E-state index in [4.69, 9.17) is 0 Å². The predicted octanol–water partition coefficient (Wildman–Crippen LogP) is 2.35. The normalized spacial score (nSPS) is 27.6. The lowest BCUT2D eigenvalue weighted by atomic mass is 9.96. The molecule has 0 radical (unpaired) electrons.